The van der Waals surface area contributed by atoms with Gasteiger partial charge in [0, 0.05) is 24.7 Å². The Morgan fingerprint density at radius 3 is 2.25 bits per heavy atom. The van der Waals surface area contributed by atoms with Gasteiger partial charge in [0.25, 0.3) is 0 Å². The predicted molar refractivity (Wildman–Crippen MR) is 108 cm³/mol. The Bertz CT molecular complexity index is 426. The molecule has 0 aliphatic carbocycles. The van der Waals surface area contributed by atoms with Crippen LogP contribution in [-0.4, -0.2) is 10.8 Å². The third kappa shape index (κ3) is 13.3. The number of Topliss-reactive ketones (excluding diaryl/α,β-unsaturated/α-hetero) is 1. The number of carbonyl (C=O) groups is 1. The maximum Gasteiger partial charge on any atom is 0.132 e. The first kappa shape index (κ1) is 25.1. The molecule has 0 saturated carbocycles. The number of aryl methyl sites for hydroxylation is 3. The summed E-state index contributed by atoms with van der Waals surface area (Å²) in [6, 6.07) is 2.25. The van der Waals surface area contributed by atoms with E-state index in [1.165, 1.54) is 36.8 Å². The van der Waals surface area contributed by atoms with Crippen LogP contribution in [0.15, 0.2) is 12.3 Å². The zero-order chi connectivity index (χ0) is 19.0. The van der Waals surface area contributed by atoms with Crippen molar-refractivity contribution >= 4 is 5.78 Å². The van der Waals surface area contributed by atoms with Gasteiger partial charge in [-0.25, -0.2) is 0 Å². The Hall–Kier alpha value is -1.18. The Balaban J connectivity index is 0. The number of ketones is 1. The van der Waals surface area contributed by atoms with E-state index in [1.54, 1.807) is 0 Å². The first-order valence-corrected chi connectivity index (χ1v) is 9.88. The van der Waals surface area contributed by atoms with Crippen LogP contribution in [0.4, 0.5) is 0 Å². The van der Waals surface area contributed by atoms with Gasteiger partial charge in [0.2, 0.25) is 0 Å². The van der Waals surface area contributed by atoms with Crippen LogP contribution in [0, 0.1) is 19.8 Å². The second-order valence-electron chi connectivity index (χ2n) is 6.29. The number of pyridine rings is 1. The zero-order valence-electron chi connectivity index (χ0n) is 17.5. The van der Waals surface area contributed by atoms with Crippen molar-refractivity contribution in [2.75, 3.05) is 0 Å². The molecular formula is C22H41NO. The largest absolute Gasteiger partial charge is 0.300 e. The molecule has 1 aromatic heterocycles. The molecule has 1 atom stereocenters. The summed E-state index contributed by atoms with van der Waals surface area (Å²) >= 11 is 0. The maximum absolute atomic E-state index is 10.8. The van der Waals surface area contributed by atoms with E-state index < -0.39 is 0 Å². The molecule has 0 N–H and O–H groups in total. The molecule has 1 rings (SSSR count). The van der Waals surface area contributed by atoms with Crippen LogP contribution in [0.25, 0.3) is 0 Å². The molecular weight excluding hydrogens is 294 g/mol. The molecule has 0 fully saturated rings. The lowest BCUT2D eigenvalue weighted by Crippen LogP contribution is -1.99. The normalized spacial score (nSPS) is 10.8. The Labute approximate surface area is 151 Å². The summed E-state index contributed by atoms with van der Waals surface area (Å²) in [5.74, 6) is 1.12. The highest BCUT2D eigenvalue weighted by atomic mass is 16.1. The smallest absolute Gasteiger partial charge is 0.132 e. The topological polar surface area (TPSA) is 30.0 Å². The van der Waals surface area contributed by atoms with Gasteiger partial charge in [0.1, 0.15) is 5.78 Å². The van der Waals surface area contributed by atoms with E-state index in [0.717, 1.165) is 24.5 Å². The predicted octanol–water partition coefficient (Wildman–Crippen LogP) is 6.86. The first-order valence-electron chi connectivity index (χ1n) is 9.88. The van der Waals surface area contributed by atoms with Crippen LogP contribution in [0.1, 0.15) is 96.9 Å². The number of hydrogen-bond donors (Lipinski definition) is 0. The lowest BCUT2D eigenvalue weighted by atomic mass is 10.0. The van der Waals surface area contributed by atoms with Crippen molar-refractivity contribution in [3.8, 4) is 0 Å². The molecule has 140 valence electrons. The molecule has 0 bridgehead atoms. The molecule has 0 radical (unpaired) electrons. The van der Waals surface area contributed by atoms with Crippen LogP contribution in [0.3, 0.4) is 0 Å². The Morgan fingerprint density at radius 2 is 1.79 bits per heavy atom. The fourth-order valence-corrected chi connectivity index (χ4v) is 2.01. The van der Waals surface area contributed by atoms with Crippen LogP contribution < -0.4 is 0 Å². The van der Waals surface area contributed by atoms with E-state index in [4.69, 9.17) is 0 Å². The minimum absolute atomic E-state index is 0.403. The van der Waals surface area contributed by atoms with Crippen LogP contribution in [0.5, 0.6) is 0 Å². The Kier molecular flexibility index (Phi) is 17.4. The van der Waals surface area contributed by atoms with Crippen LogP contribution >= 0.6 is 0 Å². The molecule has 1 heterocycles. The fraction of sp³-hybridized carbons (Fsp3) is 0.727. The van der Waals surface area contributed by atoms with Crippen LogP contribution in [-0.2, 0) is 11.2 Å². The minimum Gasteiger partial charge on any atom is -0.300 e. The highest BCUT2D eigenvalue weighted by Crippen LogP contribution is 2.10. The number of carbonyl (C=O) groups excluding carboxylic acids is 1. The monoisotopic (exact) mass is 335 g/mol. The minimum atomic E-state index is 0.403. The number of rotatable bonds is 8. The molecule has 1 unspecified atom stereocenters. The van der Waals surface area contributed by atoms with Crippen molar-refractivity contribution in [3.05, 3.63) is 29.1 Å². The average Bonchev–Trinajstić information content (AvgIpc) is 2.62. The van der Waals surface area contributed by atoms with Gasteiger partial charge in [0.05, 0.1) is 0 Å². The van der Waals surface area contributed by atoms with Crippen LogP contribution in [0.2, 0.25) is 0 Å². The number of nitrogens with zero attached hydrogens (tertiary/aromatic N) is 1. The summed E-state index contributed by atoms with van der Waals surface area (Å²) in [4.78, 5) is 15.2. The molecule has 24 heavy (non-hydrogen) atoms. The van der Waals surface area contributed by atoms with Gasteiger partial charge in [-0.1, -0.05) is 60.5 Å². The molecule has 0 spiro atoms. The summed E-state index contributed by atoms with van der Waals surface area (Å²) in [5.41, 5.74) is 3.83. The summed E-state index contributed by atoms with van der Waals surface area (Å²) in [6.07, 6.45) is 9.45. The molecule has 0 amide bonds. The van der Waals surface area contributed by atoms with E-state index in [2.05, 4.69) is 45.7 Å². The van der Waals surface area contributed by atoms with Crippen molar-refractivity contribution < 1.29 is 4.79 Å². The summed E-state index contributed by atoms with van der Waals surface area (Å²) in [7, 11) is 0. The highest BCUT2D eigenvalue weighted by molar-refractivity contribution is 5.77. The third-order valence-corrected chi connectivity index (χ3v) is 4.22. The number of unbranched alkanes of at least 4 members (excludes halogenated alkanes) is 1. The molecule has 0 aliphatic rings. The quantitative estimate of drug-likeness (QED) is 0.519. The zero-order valence-corrected chi connectivity index (χ0v) is 17.5. The van der Waals surface area contributed by atoms with E-state index in [0.29, 0.717) is 12.2 Å². The van der Waals surface area contributed by atoms with Gasteiger partial charge >= 0.3 is 0 Å². The van der Waals surface area contributed by atoms with E-state index in [1.807, 2.05) is 27.0 Å². The second kappa shape index (κ2) is 16.7. The van der Waals surface area contributed by atoms with E-state index in [-0.39, 0.29) is 0 Å². The molecule has 2 nitrogen and oxygen atoms in total. The summed E-state index contributed by atoms with van der Waals surface area (Å²) in [6.45, 7) is 16.7. The van der Waals surface area contributed by atoms with Crippen molar-refractivity contribution in [2.45, 2.75) is 100 Å². The van der Waals surface area contributed by atoms with Gasteiger partial charge in [-0.05, 0) is 50.2 Å². The third-order valence-electron chi connectivity index (χ3n) is 4.22. The van der Waals surface area contributed by atoms with Crippen molar-refractivity contribution in [1.29, 1.82) is 0 Å². The van der Waals surface area contributed by atoms with E-state index in [9.17, 15) is 4.79 Å². The SMILES string of the molecule is CC.CCC(=O)CCC(C)CC.CCCCc1cnc(C)c(C)c1. The maximum atomic E-state index is 10.8. The molecule has 0 aliphatic heterocycles. The van der Waals surface area contributed by atoms with Crippen molar-refractivity contribution in [3.63, 3.8) is 0 Å². The van der Waals surface area contributed by atoms with Gasteiger partial charge in [-0.15, -0.1) is 0 Å². The highest BCUT2D eigenvalue weighted by Gasteiger charge is 2.02. The second-order valence-corrected chi connectivity index (χ2v) is 6.29. The van der Waals surface area contributed by atoms with Crippen molar-refractivity contribution in [2.24, 2.45) is 5.92 Å². The standard InChI is InChI=1S/C11H17N.C9H18O.C2H6/c1-4-5-6-11-7-9(2)10(3)12-8-11;1-4-8(3)6-7-9(10)5-2;1-2/h7-8H,4-6H2,1-3H3;8H,4-7H2,1-3H3;1-2H3. The molecule has 0 aromatic carbocycles. The average molecular weight is 336 g/mol. The number of aromatic nitrogens is 1. The van der Waals surface area contributed by atoms with E-state index >= 15 is 0 Å². The molecule has 0 saturated heterocycles. The first-order chi connectivity index (χ1) is 11.4. The number of hydrogen-bond acceptors (Lipinski definition) is 2. The fourth-order valence-electron chi connectivity index (χ4n) is 2.01. The van der Waals surface area contributed by atoms with Gasteiger partial charge < -0.3 is 0 Å². The van der Waals surface area contributed by atoms with Gasteiger partial charge in [-0.2, -0.15) is 0 Å². The molecule has 2 heteroatoms. The molecule has 1 aromatic rings. The van der Waals surface area contributed by atoms with Crippen molar-refractivity contribution in [1.82, 2.24) is 4.98 Å². The van der Waals surface area contributed by atoms with Gasteiger partial charge in [-0.3, -0.25) is 9.78 Å². The van der Waals surface area contributed by atoms with Gasteiger partial charge in [0.15, 0.2) is 0 Å². The summed E-state index contributed by atoms with van der Waals surface area (Å²) in [5, 5.41) is 0. The Morgan fingerprint density at radius 1 is 1.17 bits per heavy atom. The lowest BCUT2D eigenvalue weighted by molar-refractivity contribution is -0.119. The lowest BCUT2D eigenvalue weighted by Gasteiger charge is -2.05. The summed E-state index contributed by atoms with van der Waals surface area (Å²) < 4.78 is 0.